The van der Waals surface area contributed by atoms with Gasteiger partial charge in [-0.15, -0.1) is 0 Å². The van der Waals surface area contributed by atoms with Gasteiger partial charge in [0.05, 0.1) is 27.8 Å². The van der Waals surface area contributed by atoms with E-state index >= 15 is 0 Å². The van der Waals surface area contributed by atoms with Gasteiger partial charge in [-0.25, -0.2) is 0 Å². The zero-order valence-corrected chi connectivity index (χ0v) is 34.5. The lowest BCUT2D eigenvalue weighted by atomic mass is 10.0. The van der Waals surface area contributed by atoms with Crippen molar-refractivity contribution in [3.05, 3.63) is 212 Å². The van der Waals surface area contributed by atoms with Crippen molar-refractivity contribution in [2.24, 2.45) is 5.92 Å². The summed E-state index contributed by atoms with van der Waals surface area (Å²) in [5, 5.41) is 4.96. The van der Waals surface area contributed by atoms with Crippen molar-refractivity contribution in [1.29, 1.82) is 0 Å². The predicted molar refractivity (Wildman–Crippen MR) is 251 cm³/mol. The Labute approximate surface area is 339 Å². The van der Waals surface area contributed by atoms with Crippen LogP contribution >= 0.6 is 0 Å². The monoisotopic (exact) mass is 745 g/mol. The maximum absolute atomic E-state index is 4.59. The Bertz CT molecular complexity index is 2670. The number of hydrogen-bond donors (Lipinski definition) is 0. The van der Waals surface area contributed by atoms with Gasteiger partial charge in [0, 0.05) is 44.3 Å². The number of para-hydroxylation sites is 3. The van der Waals surface area contributed by atoms with Crippen molar-refractivity contribution in [3.8, 4) is 11.4 Å². The summed E-state index contributed by atoms with van der Waals surface area (Å²) in [7, 11) is 0. The molecule has 2 aromatic heterocycles. The highest BCUT2D eigenvalue weighted by atomic mass is 15.2. The molecule has 0 bridgehead atoms. The summed E-state index contributed by atoms with van der Waals surface area (Å²) in [6, 6.07) is 51.5. The third-order valence-electron chi connectivity index (χ3n) is 9.87. The molecule has 8 rings (SSSR count). The third kappa shape index (κ3) is 8.20. The van der Waals surface area contributed by atoms with Crippen LogP contribution in [0.2, 0.25) is 0 Å². The maximum atomic E-state index is 4.59. The van der Waals surface area contributed by atoms with Gasteiger partial charge in [-0.2, -0.15) is 0 Å². The molecule has 2 heterocycles. The van der Waals surface area contributed by atoms with Gasteiger partial charge < -0.3 is 14.0 Å². The molecule has 0 saturated heterocycles. The smallest absolute Gasteiger partial charge is 0.0641 e. The van der Waals surface area contributed by atoms with Crippen molar-refractivity contribution in [3.63, 3.8) is 0 Å². The Morgan fingerprint density at radius 2 is 1.11 bits per heavy atom. The van der Waals surface area contributed by atoms with Crippen molar-refractivity contribution in [2.45, 2.75) is 48.5 Å². The summed E-state index contributed by atoms with van der Waals surface area (Å²) in [6.45, 7) is 19.4. The first kappa shape index (κ1) is 40.1. The van der Waals surface area contributed by atoms with Crippen molar-refractivity contribution in [1.82, 2.24) is 9.13 Å². The topological polar surface area (TPSA) is 13.1 Å². The number of rotatable bonds is 9. The lowest BCUT2D eigenvalue weighted by Crippen LogP contribution is -2.21. The fourth-order valence-electron chi connectivity index (χ4n) is 7.65. The molecule has 6 aromatic carbocycles. The van der Waals surface area contributed by atoms with E-state index in [0.717, 1.165) is 28.5 Å². The highest BCUT2D eigenvalue weighted by molar-refractivity contribution is 6.26. The Balaban J connectivity index is 0.000000621. The van der Waals surface area contributed by atoms with Crippen LogP contribution in [0.4, 0.5) is 5.69 Å². The predicted octanol–water partition coefficient (Wildman–Crippen LogP) is 15.5. The molecular weight excluding hydrogens is 691 g/mol. The Hall–Kier alpha value is -6.58. The average molecular weight is 746 g/mol. The van der Waals surface area contributed by atoms with Crippen LogP contribution in [0.3, 0.4) is 0 Å². The van der Waals surface area contributed by atoms with Crippen LogP contribution in [-0.4, -0.2) is 9.13 Å². The standard InChI is InChI=1S/C46H43N3.C6H6.C2H6/c1-7-9-12-20-33(5)47(37(19-8-2)31-32(3)4)41-29-27-38-39-28-30-43-44(46(39)49(45(38)34(41)6)36-23-15-11-16-24-36)40-25-17-18-26-42(40)48(43)35-21-13-10-14-22-35;1-2-4-6-5-3-1;1-2/h7-32H,5H2,1-4,6H3;1-6H;1-2H3/b9-7-,19-8-,20-12-,37-31+;;. The first-order chi connectivity index (χ1) is 27.9. The third-order valence-corrected chi connectivity index (χ3v) is 9.87. The fourth-order valence-corrected chi connectivity index (χ4v) is 7.65. The van der Waals surface area contributed by atoms with E-state index in [1.807, 2.05) is 69.3 Å². The van der Waals surface area contributed by atoms with E-state index in [1.54, 1.807) is 0 Å². The number of benzene rings is 6. The minimum absolute atomic E-state index is 0.357. The van der Waals surface area contributed by atoms with E-state index in [9.17, 15) is 0 Å². The number of anilines is 1. The van der Waals surface area contributed by atoms with Gasteiger partial charge in [0.2, 0.25) is 0 Å². The lowest BCUT2D eigenvalue weighted by molar-refractivity contribution is 0.819. The molecule has 0 N–H and O–H groups in total. The first-order valence-electron chi connectivity index (χ1n) is 20.2. The van der Waals surface area contributed by atoms with E-state index in [2.05, 4.69) is 188 Å². The molecule has 0 fully saturated rings. The second-order valence-corrected chi connectivity index (χ2v) is 14.0. The molecule has 0 spiro atoms. The molecule has 0 aliphatic carbocycles. The highest BCUT2D eigenvalue weighted by Gasteiger charge is 2.24. The molecule has 0 unspecified atom stereocenters. The summed E-state index contributed by atoms with van der Waals surface area (Å²) < 4.78 is 4.89. The van der Waals surface area contributed by atoms with Crippen LogP contribution in [0.25, 0.3) is 55.0 Å². The Morgan fingerprint density at radius 3 is 1.70 bits per heavy atom. The number of hydrogen-bond acceptors (Lipinski definition) is 1. The van der Waals surface area contributed by atoms with Crippen LogP contribution in [0.5, 0.6) is 0 Å². The maximum Gasteiger partial charge on any atom is 0.0641 e. The Kier molecular flexibility index (Phi) is 13.3. The van der Waals surface area contributed by atoms with E-state index < -0.39 is 0 Å². The van der Waals surface area contributed by atoms with E-state index in [4.69, 9.17) is 0 Å². The largest absolute Gasteiger partial charge is 0.311 e. The Morgan fingerprint density at radius 1 is 0.561 bits per heavy atom. The van der Waals surface area contributed by atoms with Crippen LogP contribution < -0.4 is 4.90 Å². The molecular formula is C54H55N3. The molecule has 3 heteroatoms. The molecule has 0 saturated carbocycles. The zero-order chi connectivity index (χ0) is 40.3. The molecule has 286 valence electrons. The first-order valence-corrected chi connectivity index (χ1v) is 20.2. The van der Waals surface area contributed by atoms with Crippen LogP contribution in [-0.2, 0) is 0 Å². The number of fused-ring (bicyclic) bond motifs is 7. The van der Waals surface area contributed by atoms with E-state index in [1.165, 1.54) is 49.2 Å². The normalized spacial score (nSPS) is 11.9. The minimum atomic E-state index is 0.357. The molecule has 0 aliphatic heterocycles. The molecule has 3 nitrogen and oxygen atoms in total. The summed E-state index contributed by atoms with van der Waals surface area (Å²) in [5.74, 6) is 0.357. The second-order valence-electron chi connectivity index (χ2n) is 14.0. The summed E-state index contributed by atoms with van der Waals surface area (Å²) in [6.07, 6.45) is 14.8. The molecule has 57 heavy (non-hydrogen) atoms. The molecule has 8 aromatic rings. The van der Waals surface area contributed by atoms with Gasteiger partial charge in [-0.05, 0) is 86.9 Å². The van der Waals surface area contributed by atoms with Gasteiger partial charge in [0.15, 0.2) is 0 Å². The molecule has 0 aliphatic rings. The number of nitrogens with zero attached hydrogens (tertiary/aromatic N) is 3. The zero-order valence-electron chi connectivity index (χ0n) is 34.5. The van der Waals surface area contributed by atoms with Crippen LogP contribution in [0, 0.1) is 12.8 Å². The highest BCUT2D eigenvalue weighted by Crippen LogP contribution is 2.44. The summed E-state index contributed by atoms with van der Waals surface area (Å²) in [4.78, 5) is 2.30. The van der Waals surface area contributed by atoms with Gasteiger partial charge in [0.1, 0.15) is 0 Å². The van der Waals surface area contributed by atoms with Crippen molar-refractivity contribution in [2.75, 3.05) is 4.90 Å². The van der Waals surface area contributed by atoms with Gasteiger partial charge in [-0.1, -0.05) is 168 Å². The second kappa shape index (κ2) is 18.8. The minimum Gasteiger partial charge on any atom is -0.311 e. The van der Waals surface area contributed by atoms with Gasteiger partial charge >= 0.3 is 0 Å². The SMILES string of the molecule is C=C(/C=C\C=C/C)N(C(/C=C\C)=C/C(C)C)c1ccc2c3ccc4c(c5ccccc5n4-c4ccccc4)c3n(-c3ccccc3)c2c1C.CC.c1ccccc1. The number of aryl methyl sites for hydroxylation is 1. The van der Waals surface area contributed by atoms with Crippen LogP contribution in [0.15, 0.2) is 206 Å². The van der Waals surface area contributed by atoms with Crippen molar-refractivity contribution < 1.29 is 0 Å². The number of aromatic nitrogens is 2. The molecule has 0 amide bonds. The van der Waals surface area contributed by atoms with Crippen molar-refractivity contribution >= 4 is 49.3 Å². The number of allylic oxidation sites excluding steroid dienone is 7. The van der Waals surface area contributed by atoms with E-state index in [0.29, 0.717) is 5.92 Å². The molecule has 0 radical (unpaired) electrons. The summed E-state index contributed by atoms with van der Waals surface area (Å²) in [5.41, 5.74) is 11.4. The average Bonchev–Trinajstić information content (AvgIpc) is 3.77. The molecule has 0 atom stereocenters. The van der Waals surface area contributed by atoms with E-state index in [-0.39, 0.29) is 0 Å². The fraction of sp³-hybridized carbons (Fsp3) is 0.148. The van der Waals surface area contributed by atoms with Gasteiger partial charge in [0.25, 0.3) is 0 Å². The summed E-state index contributed by atoms with van der Waals surface area (Å²) >= 11 is 0. The van der Waals surface area contributed by atoms with Crippen LogP contribution in [0.1, 0.15) is 47.1 Å². The lowest BCUT2D eigenvalue weighted by Gasteiger charge is -2.29. The quantitative estimate of drug-likeness (QED) is 0.134. The van der Waals surface area contributed by atoms with Gasteiger partial charge in [-0.3, -0.25) is 0 Å².